The molecule has 1 atom stereocenters. The molecule has 0 saturated heterocycles. The Morgan fingerprint density at radius 1 is 1.29 bits per heavy atom. The second-order valence-electron chi connectivity index (χ2n) is 6.60. The molecule has 0 spiro atoms. The molecular weight excluding hydrogens is 461 g/mol. The Bertz CT molecular complexity index is 921. The monoisotopic (exact) mass is 476 g/mol. The van der Waals surface area contributed by atoms with Crippen molar-refractivity contribution in [3.8, 4) is 0 Å². The minimum absolute atomic E-state index is 0.0558. The lowest BCUT2D eigenvalue weighted by atomic mass is 9.88. The predicted octanol–water partition coefficient (Wildman–Crippen LogP) is 5.64. The summed E-state index contributed by atoms with van der Waals surface area (Å²) in [6.07, 6.45) is -3.42. The molecule has 150 valence electrons. The number of nitrogens with one attached hydrogen (secondary N) is 1. The third-order valence-electron chi connectivity index (χ3n) is 4.73. The van der Waals surface area contributed by atoms with E-state index in [1.54, 1.807) is 12.1 Å². The molecule has 28 heavy (non-hydrogen) atoms. The summed E-state index contributed by atoms with van der Waals surface area (Å²) < 4.78 is 40.1. The number of amides is 2. The molecule has 0 saturated carbocycles. The van der Waals surface area contributed by atoms with Crippen LogP contribution < -0.4 is 10.2 Å². The first kappa shape index (κ1) is 21.0. The number of rotatable bonds is 2. The summed E-state index contributed by atoms with van der Waals surface area (Å²) in [5.74, 6) is 0. The fourth-order valence-electron chi connectivity index (χ4n) is 3.19. The van der Waals surface area contributed by atoms with Crippen LogP contribution in [0.1, 0.15) is 23.1 Å². The van der Waals surface area contributed by atoms with Crippen LogP contribution in [0.25, 0.3) is 0 Å². The molecule has 2 aromatic rings. The highest BCUT2D eigenvalue weighted by Crippen LogP contribution is 2.37. The SMILES string of the molecule is CN(C(=O)Nc1ccc(Br)c2c1CC(O)CC2)c1ccc(Cl)c(C(F)(F)F)c1. The third-order valence-corrected chi connectivity index (χ3v) is 5.80. The van der Waals surface area contributed by atoms with E-state index in [4.69, 9.17) is 11.6 Å². The first-order chi connectivity index (χ1) is 13.1. The summed E-state index contributed by atoms with van der Waals surface area (Å²) in [5.41, 5.74) is 1.41. The van der Waals surface area contributed by atoms with Gasteiger partial charge in [0.2, 0.25) is 0 Å². The number of aliphatic hydroxyl groups excluding tert-OH is 1. The van der Waals surface area contributed by atoms with Gasteiger partial charge in [0.25, 0.3) is 0 Å². The van der Waals surface area contributed by atoms with E-state index in [1.807, 2.05) is 0 Å². The maximum atomic E-state index is 13.1. The van der Waals surface area contributed by atoms with Crippen LogP contribution in [0, 0.1) is 0 Å². The summed E-state index contributed by atoms with van der Waals surface area (Å²) in [7, 11) is 1.37. The lowest BCUT2D eigenvalue weighted by molar-refractivity contribution is -0.137. The predicted molar refractivity (Wildman–Crippen MR) is 106 cm³/mol. The van der Waals surface area contributed by atoms with Crippen molar-refractivity contribution in [1.29, 1.82) is 0 Å². The number of fused-ring (bicyclic) bond motifs is 1. The second kappa shape index (κ2) is 7.93. The van der Waals surface area contributed by atoms with E-state index in [9.17, 15) is 23.1 Å². The second-order valence-corrected chi connectivity index (χ2v) is 7.86. The zero-order valence-corrected chi connectivity index (χ0v) is 17.1. The molecule has 0 bridgehead atoms. The maximum Gasteiger partial charge on any atom is 0.417 e. The summed E-state index contributed by atoms with van der Waals surface area (Å²) in [5, 5.41) is 12.3. The standard InChI is InChI=1S/C19H17BrClF3N2O2/c1-26(10-2-6-16(21)14(8-10)19(22,23)24)18(28)25-17-7-5-15(20)12-4-3-11(27)9-13(12)17/h2,5-8,11,27H,3-4,9H2,1H3,(H,25,28). The van der Waals surface area contributed by atoms with Gasteiger partial charge in [0.05, 0.1) is 16.7 Å². The summed E-state index contributed by atoms with van der Waals surface area (Å²) in [6.45, 7) is 0. The van der Waals surface area contributed by atoms with Crippen LogP contribution >= 0.6 is 27.5 Å². The molecule has 0 heterocycles. The Kier molecular flexibility index (Phi) is 5.93. The Morgan fingerprint density at radius 3 is 2.68 bits per heavy atom. The zero-order valence-electron chi connectivity index (χ0n) is 14.8. The molecule has 3 rings (SSSR count). The molecular formula is C19H17BrClF3N2O2. The molecule has 1 unspecified atom stereocenters. The van der Waals surface area contributed by atoms with Crippen molar-refractivity contribution >= 4 is 44.9 Å². The Labute approximate surface area is 173 Å². The summed E-state index contributed by atoms with van der Waals surface area (Å²) >= 11 is 9.11. The first-order valence-electron chi connectivity index (χ1n) is 8.47. The minimum Gasteiger partial charge on any atom is -0.393 e. The van der Waals surface area contributed by atoms with Crippen molar-refractivity contribution in [2.75, 3.05) is 17.3 Å². The first-order valence-corrected chi connectivity index (χ1v) is 9.64. The van der Waals surface area contributed by atoms with E-state index < -0.39 is 28.9 Å². The lowest BCUT2D eigenvalue weighted by Gasteiger charge is -2.26. The van der Waals surface area contributed by atoms with E-state index in [0.29, 0.717) is 24.9 Å². The van der Waals surface area contributed by atoms with Gasteiger partial charge in [-0.05, 0) is 54.3 Å². The lowest BCUT2D eigenvalue weighted by Crippen LogP contribution is -2.32. The van der Waals surface area contributed by atoms with E-state index in [-0.39, 0.29) is 5.69 Å². The van der Waals surface area contributed by atoms with Gasteiger partial charge in [0.15, 0.2) is 0 Å². The third kappa shape index (κ3) is 4.29. The van der Waals surface area contributed by atoms with Crippen LogP contribution in [-0.4, -0.2) is 24.3 Å². The van der Waals surface area contributed by atoms with Crippen molar-refractivity contribution in [3.63, 3.8) is 0 Å². The number of benzene rings is 2. The maximum absolute atomic E-state index is 13.1. The highest BCUT2D eigenvalue weighted by molar-refractivity contribution is 9.10. The van der Waals surface area contributed by atoms with Gasteiger partial charge in [-0.1, -0.05) is 27.5 Å². The van der Waals surface area contributed by atoms with Crippen molar-refractivity contribution in [2.45, 2.75) is 31.5 Å². The van der Waals surface area contributed by atoms with Crippen LogP contribution in [0.4, 0.5) is 29.3 Å². The average molecular weight is 478 g/mol. The smallest absolute Gasteiger partial charge is 0.393 e. The topological polar surface area (TPSA) is 52.6 Å². The number of carbonyl (C=O) groups is 1. The number of anilines is 2. The molecule has 2 amide bonds. The molecule has 0 aromatic heterocycles. The van der Waals surface area contributed by atoms with Gasteiger partial charge >= 0.3 is 12.2 Å². The van der Waals surface area contributed by atoms with Gasteiger partial charge in [0, 0.05) is 29.3 Å². The van der Waals surface area contributed by atoms with E-state index in [0.717, 1.165) is 32.6 Å². The normalized spacial score (nSPS) is 16.5. The van der Waals surface area contributed by atoms with E-state index in [2.05, 4.69) is 21.2 Å². The Morgan fingerprint density at radius 2 is 2.00 bits per heavy atom. The van der Waals surface area contributed by atoms with Crippen molar-refractivity contribution in [3.05, 3.63) is 56.5 Å². The molecule has 9 heteroatoms. The number of hydrogen-bond acceptors (Lipinski definition) is 2. The van der Waals surface area contributed by atoms with Crippen molar-refractivity contribution in [2.24, 2.45) is 0 Å². The quantitative estimate of drug-likeness (QED) is 0.588. The fraction of sp³-hybridized carbons (Fsp3) is 0.316. The fourth-order valence-corrected chi connectivity index (χ4v) is 3.98. The van der Waals surface area contributed by atoms with Gasteiger partial charge in [-0.25, -0.2) is 4.79 Å². The summed E-state index contributed by atoms with van der Waals surface area (Å²) in [6, 6.07) is 6.20. The van der Waals surface area contributed by atoms with Crippen LogP contribution in [0.5, 0.6) is 0 Å². The molecule has 4 nitrogen and oxygen atoms in total. The van der Waals surface area contributed by atoms with E-state index in [1.165, 1.54) is 13.1 Å². The molecule has 0 aliphatic heterocycles. The number of urea groups is 1. The number of aliphatic hydroxyl groups is 1. The van der Waals surface area contributed by atoms with Crippen LogP contribution in [0.15, 0.2) is 34.8 Å². The van der Waals surface area contributed by atoms with Gasteiger partial charge in [0.1, 0.15) is 0 Å². The number of carbonyl (C=O) groups excluding carboxylic acids is 1. The highest BCUT2D eigenvalue weighted by atomic mass is 79.9. The largest absolute Gasteiger partial charge is 0.417 e. The molecule has 0 radical (unpaired) electrons. The van der Waals surface area contributed by atoms with Gasteiger partial charge in [-0.3, -0.25) is 4.90 Å². The van der Waals surface area contributed by atoms with Crippen molar-refractivity contribution in [1.82, 2.24) is 0 Å². The molecule has 2 aromatic carbocycles. The molecule has 1 aliphatic carbocycles. The van der Waals surface area contributed by atoms with Crippen LogP contribution in [0.2, 0.25) is 5.02 Å². The number of alkyl halides is 3. The van der Waals surface area contributed by atoms with Gasteiger partial charge in [-0.2, -0.15) is 13.2 Å². The number of halogens is 5. The summed E-state index contributed by atoms with van der Waals surface area (Å²) in [4.78, 5) is 13.7. The van der Waals surface area contributed by atoms with Crippen molar-refractivity contribution < 1.29 is 23.1 Å². The highest BCUT2D eigenvalue weighted by Gasteiger charge is 2.34. The number of hydrogen-bond donors (Lipinski definition) is 2. The zero-order chi connectivity index (χ0) is 20.6. The van der Waals surface area contributed by atoms with E-state index >= 15 is 0 Å². The van der Waals surface area contributed by atoms with Gasteiger partial charge < -0.3 is 10.4 Å². The Balaban J connectivity index is 1.86. The molecule has 0 fully saturated rings. The Hall–Kier alpha value is -1.77. The number of nitrogens with zero attached hydrogens (tertiary/aromatic N) is 1. The van der Waals surface area contributed by atoms with Crippen LogP contribution in [0.3, 0.4) is 0 Å². The molecule has 1 aliphatic rings. The minimum atomic E-state index is -4.62. The van der Waals surface area contributed by atoms with Gasteiger partial charge in [-0.15, -0.1) is 0 Å². The molecule has 2 N–H and O–H groups in total. The van der Waals surface area contributed by atoms with Crippen LogP contribution in [-0.2, 0) is 19.0 Å². The average Bonchev–Trinajstić information content (AvgIpc) is 2.62.